The lowest BCUT2D eigenvalue weighted by Crippen LogP contribution is -2.16. The topological polar surface area (TPSA) is 29.1 Å². The molecule has 21 heavy (non-hydrogen) atoms. The minimum absolute atomic E-state index is 0.185. The van der Waals surface area contributed by atoms with Crippen molar-refractivity contribution in [3.05, 3.63) is 76.4 Å². The fraction of sp³-hybridized carbons (Fsp3) is 0.167. The number of hydrogen-bond donors (Lipinski definition) is 1. The molecule has 3 rings (SSSR count). The van der Waals surface area contributed by atoms with Crippen LogP contribution in [0.1, 0.15) is 24.3 Å². The smallest absolute Gasteiger partial charge is 0.158 e. The second kappa shape index (κ2) is 6.27. The zero-order valence-corrected chi connectivity index (χ0v) is 13.1. The Morgan fingerprint density at radius 1 is 0.952 bits per heavy atom. The highest BCUT2D eigenvalue weighted by atomic mass is 79.9. The molecule has 0 fully saturated rings. The molecule has 106 valence electrons. The number of hydrogen-bond acceptors (Lipinski definition) is 2. The van der Waals surface area contributed by atoms with E-state index in [1.807, 2.05) is 42.5 Å². The molecule has 0 heterocycles. The Morgan fingerprint density at radius 2 is 1.67 bits per heavy atom. The second-order valence-corrected chi connectivity index (χ2v) is 6.11. The molecule has 0 aliphatic heterocycles. The maximum atomic E-state index is 12.0. The standard InChI is InChI=1S/C18H16BrNO/c19-17-8-4-5-9-18(17)20-15-10-14(11-16(21)12-15)13-6-2-1-3-7-13/h1-9,12,14,20H,10-11H2/t14-/m0/s1. The van der Waals surface area contributed by atoms with Crippen LogP contribution in [0.15, 0.2) is 70.8 Å². The third kappa shape index (κ3) is 3.42. The van der Waals surface area contributed by atoms with E-state index in [2.05, 4.69) is 33.4 Å². The summed E-state index contributed by atoms with van der Waals surface area (Å²) in [4.78, 5) is 12.0. The second-order valence-electron chi connectivity index (χ2n) is 5.26. The minimum Gasteiger partial charge on any atom is -0.358 e. The number of carbonyl (C=O) groups is 1. The summed E-state index contributed by atoms with van der Waals surface area (Å²) in [5.41, 5.74) is 3.20. The van der Waals surface area contributed by atoms with Gasteiger partial charge in [0, 0.05) is 22.7 Å². The van der Waals surface area contributed by atoms with E-state index in [9.17, 15) is 4.79 Å². The van der Waals surface area contributed by atoms with E-state index in [1.165, 1.54) is 5.56 Å². The number of ketones is 1. The highest BCUT2D eigenvalue weighted by molar-refractivity contribution is 9.10. The molecule has 2 aromatic rings. The molecule has 0 unspecified atom stereocenters. The number of allylic oxidation sites excluding steroid dienone is 2. The Balaban J connectivity index is 1.80. The van der Waals surface area contributed by atoms with Crippen LogP contribution in [0.5, 0.6) is 0 Å². The number of nitrogens with one attached hydrogen (secondary N) is 1. The zero-order chi connectivity index (χ0) is 14.7. The minimum atomic E-state index is 0.185. The van der Waals surface area contributed by atoms with Crippen LogP contribution in [-0.2, 0) is 4.79 Å². The molecular formula is C18H16BrNO. The van der Waals surface area contributed by atoms with Gasteiger partial charge in [-0.2, -0.15) is 0 Å². The van der Waals surface area contributed by atoms with Gasteiger partial charge in [0.25, 0.3) is 0 Å². The average Bonchev–Trinajstić information content (AvgIpc) is 2.50. The number of anilines is 1. The lowest BCUT2D eigenvalue weighted by molar-refractivity contribution is -0.115. The van der Waals surface area contributed by atoms with Gasteiger partial charge in [-0.05, 0) is 46.0 Å². The number of carbonyl (C=O) groups excluding carboxylic acids is 1. The first kappa shape index (κ1) is 14.1. The normalized spacial score (nSPS) is 18.2. The average molecular weight is 342 g/mol. The Hall–Kier alpha value is -1.87. The first-order valence-electron chi connectivity index (χ1n) is 7.02. The molecular weight excluding hydrogens is 326 g/mol. The number of para-hydroxylation sites is 1. The van der Waals surface area contributed by atoms with E-state index in [4.69, 9.17) is 0 Å². The molecule has 0 amide bonds. The molecule has 0 saturated carbocycles. The molecule has 1 atom stereocenters. The summed E-state index contributed by atoms with van der Waals surface area (Å²) in [5, 5.41) is 3.37. The molecule has 2 nitrogen and oxygen atoms in total. The quantitative estimate of drug-likeness (QED) is 0.860. The SMILES string of the molecule is O=C1C=C(Nc2ccccc2Br)C[C@H](c2ccccc2)C1. The molecule has 0 saturated heterocycles. The van der Waals surface area contributed by atoms with E-state index in [0.29, 0.717) is 6.42 Å². The van der Waals surface area contributed by atoms with Crippen molar-refractivity contribution in [2.24, 2.45) is 0 Å². The molecule has 1 aliphatic rings. The van der Waals surface area contributed by atoms with Crippen molar-refractivity contribution in [1.29, 1.82) is 0 Å². The molecule has 0 bridgehead atoms. The lowest BCUT2D eigenvalue weighted by atomic mass is 9.85. The predicted molar refractivity (Wildman–Crippen MR) is 89.3 cm³/mol. The largest absolute Gasteiger partial charge is 0.358 e. The van der Waals surface area contributed by atoms with Crippen molar-refractivity contribution in [1.82, 2.24) is 0 Å². The van der Waals surface area contributed by atoms with Crippen molar-refractivity contribution in [2.75, 3.05) is 5.32 Å². The number of rotatable bonds is 3. The third-order valence-corrected chi connectivity index (χ3v) is 4.38. The van der Waals surface area contributed by atoms with Gasteiger partial charge >= 0.3 is 0 Å². The van der Waals surface area contributed by atoms with Crippen LogP contribution < -0.4 is 5.32 Å². The van der Waals surface area contributed by atoms with Gasteiger partial charge in [0.2, 0.25) is 0 Å². The highest BCUT2D eigenvalue weighted by Crippen LogP contribution is 2.33. The Labute approximate surface area is 133 Å². The molecule has 3 heteroatoms. The molecule has 2 aromatic carbocycles. The Morgan fingerprint density at radius 3 is 2.43 bits per heavy atom. The maximum Gasteiger partial charge on any atom is 0.158 e. The first-order valence-corrected chi connectivity index (χ1v) is 7.81. The molecule has 0 spiro atoms. The Bertz CT molecular complexity index is 679. The number of halogens is 1. The number of benzene rings is 2. The van der Waals surface area contributed by atoms with Gasteiger partial charge in [0.15, 0.2) is 5.78 Å². The van der Waals surface area contributed by atoms with Crippen molar-refractivity contribution in [2.45, 2.75) is 18.8 Å². The fourth-order valence-electron chi connectivity index (χ4n) is 2.68. The van der Waals surface area contributed by atoms with Crippen molar-refractivity contribution >= 4 is 27.4 Å². The van der Waals surface area contributed by atoms with E-state index < -0.39 is 0 Å². The summed E-state index contributed by atoms with van der Waals surface area (Å²) < 4.78 is 1.00. The van der Waals surface area contributed by atoms with Crippen LogP contribution in [0.25, 0.3) is 0 Å². The summed E-state index contributed by atoms with van der Waals surface area (Å²) in [6.07, 6.45) is 3.18. The summed E-state index contributed by atoms with van der Waals surface area (Å²) >= 11 is 3.52. The van der Waals surface area contributed by atoms with Crippen LogP contribution >= 0.6 is 15.9 Å². The van der Waals surface area contributed by atoms with Gasteiger partial charge in [-0.3, -0.25) is 4.79 Å². The van der Waals surface area contributed by atoms with Crippen LogP contribution in [0.3, 0.4) is 0 Å². The van der Waals surface area contributed by atoms with Gasteiger partial charge in [-0.1, -0.05) is 42.5 Å². The van der Waals surface area contributed by atoms with Crippen LogP contribution in [0.4, 0.5) is 5.69 Å². The predicted octanol–water partition coefficient (Wildman–Crippen LogP) is 4.89. The maximum absolute atomic E-state index is 12.0. The summed E-state index contributed by atoms with van der Waals surface area (Å²) in [6, 6.07) is 18.2. The summed E-state index contributed by atoms with van der Waals surface area (Å²) in [5.74, 6) is 0.443. The summed E-state index contributed by atoms with van der Waals surface area (Å²) in [7, 11) is 0. The van der Waals surface area contributed by atoms with Crippen molar-refractivity contribution in [3.63, 3.8) is 0 Å². The van der Waals surface area contributed by atoms with Gasteiger partial charge in [0.05, 0.1) is 5.69 Å². The third-order valence-electron chi connectivity index (χ3n) is 3.69. The first-order chi connectivity index (χ1) is 10.2. The van der Waals surface area contributed by atoms with Crippen LogP contribution in [0, 0.1) is 0 Å². The molecule has 0 radical (unpaired) electrons. The molecule has 0 aromatic heterocycles. The van der Waals surface area contributed by atoms with Gasteiger partial charge < -0.3 is 5.32 Å². The van der Waals surface area contributed by atoms with E-state index >= 15 is 0 Å². The molecule has 1 aliphatic carbocycles. The zero-order valence-electron chi connectivity index (χ0n) is 11.6. The van der Waals surface area contributed by atoms with E-state index in [0.717, 1.165) is 22.3 Å². The molecule has 1 N–H and O–H groups in total. The van der Waals surface area contributed by atoms with Gasteiger partial charge in [-0.15, -0.1) is 0 Å². The monoisotopic (exact) mass is 341 g/mol. The lowest BCUT2D eigenvalue weighted by Gasteiger charge is -2.23. The van der Waals surface area contributed by atoms with Crippen molar-refractivity contribution in [3.8, 4) is 0 Å². The van der Waals surface area contributed by atoms with Crippen LogP contribution in [-0.4, -0.2) is 5.78 Å². The van der Waals surface area contributed by atoms with Gasteiger partial charge in [-0.25, -0.2) is 0 Å². The van der Waals surface area contributed by atoms with E-state index in [1.54, 1.807) is 6.08 Å². The van der Waals surface area contributed by atoms with Crippen molar-refractivity contribution < 1.29 is 4.79 Å². The highest BCUT2D eigenvalue weighted by Gasteiger charge is 2.22. The van der Waals surface area contributed by atoms with E-state index in [-0.39, 0.29) is 11.7 Å². The van der Waals surface area contributed by atoms with Gasteiger partial charge in [0.1, 0.15) is 0 Å². The Kier molecular flexibility index (Phi) is 4.20. The van der Waals surface area contributed by atoms with Crippen LogP contribution in [0.2, 0.25) is 0 Å². The fourth-order valence-corrected chi connectivity index (χ4v) is 3.06. The summed E-state index contributed by atoms with van der Waals surface area (Å²) in [6.45, 7) is 0.